The first-order valence-corrected chi connectivity index (χ1v) is 11.3. The number of nitrogens with two attached hydrogens (primary N) is 1. The molecule has 36 heavy (non-hydrogen) atoms. The van der Waals surface area contributed by atoms with E-state index in [1.54, 1.807) is 23.4 Å². The Hall–Kier alpha value is -4.02. The van der Waals surface area contributed by atoms with Gasteiger partial charge in [-0.3, -0.25) is 9.59 Å². The number of likely N-dealkylation sites (tertiary alicyclic amines) is 1. The summed E-state index contributed by atoms with van der Waals surface area (Å²) in [5.74, 6) is -0.688. The number of rotatable bonds is 7. The molecule has 1 fully saturated rings. The Balaban J connectivity index is 1.33. The second kappa shape index (κ2) is 10.3. The van der Waals surface area contributed by atoms with Gasteiger partial charge < -0.3 is 25.1 Å². The number of carbonyl (C=O) groups excluding carboxylic acids is 2. The fraction of sp³-hybridized carbons (Fsp3) is 0.320. The summed E-state index contributed by atoms with van der Waals surface area (Å²) in [5.41, 5.74) is 8.80. The van der Waals surface area contributed by atoms with Gasteiger partial charge in [-0.2, -0.15) is 0 Å². The summed E-state index contributed by atoms with van der Waals surface area (Å²) in [6.07, 6.45) is -2.20. The molecule has 2 amide bonds. The molecule has 1 aliphatic heterocycles. The van der Waals surface area contributed by atoms with Gasteiger partial charge in [0.1, 0.15) is 17.6 Å². The fourth-order valence-corrected chi connectivity index (χ4v) is 4.13. The van der Waals surface area contributed by atoms with Crippen molar-refractivity contribution in [3.8, 4) is 22.8 Å². The highest BCUT2D eigenvalue weighted by Gasteiger charge is 2.31. The van der Waals surface area contributed by atoms with Gasteiger partial charge in [0.05, 0.1) is 29.7 Å². The number of aromatic nitrogens is 2. The Morgan fingerprint density at radius 2 is 1.83 bits per heavy atom. The fourth-order valence-electron chi connectivity index (χ4n) is 4.13. The van der Waals surface area contributed by atoms with Gasteiger partial charge in [-0.05, 0) is 42.8 Å². The van der Waals surface area contributed by atoms with Crippen molar-refractivity contribution in [2.75, 3.05) is 13.1 Å². The van der Waals surface area contributed by atoms with E-state index in [2.05, 4.69) is 14.7 Å². The number of nitrogens with zero attached hydrogens (tertiary/aromatic N) is 2. The van der Waals surface area contributed by atoms with Crippen LogP contribution in [0.5, 0.6) is 11.5 Å². The third-order valence-electron chi connectivity index (χ3n) is 5.96. The number of hydrogen-bond acceptors (Lipinski definition) is 5. The Morgan fingerprint density at radius 1 is 1.14 bits per heavy atom. The number of alkyl halides is 3. The summed E-state index contributed by atoms with van der Waals surface area (Å²) in [7, 11) is 0. The van der Waals surface area contributed by atoms with Crippen molar-refractivity contribution in [1.82, 2.24) is 14.9 Å². The normalized spacial score (nSPS) is 14.5. The molecule has 0 aliphatic carbocycles. The van der Waals surface area contributed by atoms with Gasteiger partial charge in [0.25, 0.3) is 5.91 Å². The molecule has 0 saturated carbocycles. The number of nitrogens with one attached hydrogen (secondary N) is 1. The first kappa shape index (κ1) is 25.1. The molecular formula is C25H25F3N4O4. The number of benzene rings is 2. The van der Waals surface area contributed by atoms with Crippen LogP contribution in [-0.4, -0.2) is 52.2 Å². The van der Waals surface area contributed by atoms with Gasteiger partial charge in [0.15, 0.2) is 0 Å². The third-order valence-corrected chi connectivity index (χ3v) is 5.96. The molecule has 0 spiro atoms. The van der Waals surface area contributed by atoms with E-state index in [0.29, 0.717) is 37.2 Å². The molecule has 1 saturated heterocycles. The SMILES string of the molecule is Cc1nc[nH]c1-c1ccc(OC2CCN(C(=O)Cc3ccc(OC(F)(F)F)cc3)CC2)c(C(N)=O)c1. The second-order valence-electron chi connectivity index (χ2n) is 8.50. The zero-order valence-corrected chi connectivity index (χ0v) is 19.5. The number of imidazole rings is 1. The number of ether oxygens (including phenoxy) is 2. The van der Waals surface area contributed by atoms with Crippen LogP contribution < -0.4 is 15.2 Å². The molecule has 190 valence electrons. The lowest BCUT2D eigenvalue weighted by atomic mass is 10.0. The van der Waals surface area contributed by atoms with Crippen LogP contribution in [0, 0.1) is 6.92 Å². The van der Waals surface area contributed by atoms with Gasteiger partial charge in [0, 0.05) is 31.5 Å². The van der Waals surface area contributed by atoms with Crippen molar-refractivity contribution >= 4 is 11.8 Å². The summed E-state index contributed by atoms with van der Waals surface area (Å²) >= 11 is 0. The van der Waals surface area contributed by atoms with Crippen LogP contribution in [0.4, 0.5) is 13.2 Å². The van der Waals surface area contributed by atoms with Gasteiger partial charge >= 0.3 is 6.36 Å². The van der Waals surface area contributed by atoms with Gasteiger partial charge in [-0.15, -0.1) is 13.2 Å². The standard InChI is InChI=1S/C25H25F3N4O4/c1-15-23(31-14-30-15)17-4-7-21(20(13-17)24(29)34)35-18-8-10-32(11-9-18)22(33)12-16-2-5-19(6-3-16)36-25(26,27)28/h2-7,13-14,18H,8-12H2,1H3,(H2,29,34)(H,30,31). The van der Waals surface area contributed by atoms with Crippen LogP contribution in [0.3, 0.4) is 0 Å². The van der Waals surface area contributed by atoms with E-state index in [-0.39, 0.29) is 29.7 Å². The van der Waals surface area contributed by atoms with Crippen LogP contribution in [0.25, 0.3) is 11.3 Å². The van der Waals surface area contributed by atoms with Gasteiger partial charge in [-0.25, -0.2) is 4.98 Å². The molecule has 2 aromatic carbocycles. The monoisotopic (exact) mass is 502 g/mol. The maximum Gasteiger partial charge on any atom is 0.573 e. The van der Waals surface area contributed by atoms with Crippen LogP contribution >= 0.6 is 0 Å². The predicted molar refractivity (Wildman–Crippen MR) is 124 cm³/mol. The molecule has 1 aliphatic rings. The lowest BCUT2D eigenvalue weighted by Gasteiger charge is -2.32. The molecule has 3 aromatic rings. The van der Waals surface area contributed by atoms with Gasteiger partial charge in [0.2, 0.25) is 5.91 Å². The van der Waals surface area contributed by atoms with E-state index in [1.165, 1.54) is 24.3 Å². The second-order valence-corrected chi connectivity index (χ2v) is 8.50. The molecule has 8 nitrogen and oxygen atoms in total. The topological polar surface area (TPSA) is 111 Å². The lowest BCUT2D eigenvalue weighted by molar-refractivity contribution is -0.274. The van der Waals surface area contributed by atoms with Crippen LogP contribution in [0.1, 0.15) is 34.5 Å². The maximum absolute atomic E-state index is 12.7. The number of hydrogen-bond donors (Lipinski definition) is 2. The third kappa shape index (κ3) is 6.15. The molecular weight excluding hydrogens is 477 g/mol. The lowest BCUT2D eigenvalue weighted by Crippen LogP contribution is -2.42. The number of halogens is 3. The van der Waals surface area contributed by atoms with E-state index in [9.17, 15) is 22.8 Å². The zero-order chi connectivity index (χ0) is 25.9. The van der Waals surface area contributed by atoms with Crippen molar-refractivity contribution in [2.24, 2.45) is 5.73 Å². The first-order valence-electron chi connectivity index (χ1n) is 11.3. The minimum atomic E-state index is -4.76. The first-order chi connectivity index (χ1) is 17.1. The Labute approximate surface area is 205 Å². The Morgan fingerprint density at radius 3 is 2.42 bits per heavy atom. The Bertz CT molecular complexity index is 1230. The summed E-state index contributed by atoms with van der Waals surface area (Å²) in [6.45, 7) is 2.76. The molecule has 0 bridgehead atoms. The molecule has 3 N–H and O–H groups in total. The van der Waals surface area contributed by atoms with E-state index in [0.717, 1.165) is 17.0 Å². The summed E-state index contributed by atoms with van der Waals surface area (Å²) in [5, 5.41) is 0. The molecule has 1 aromatic heterocycles. The smallest absolute Gasteiger partial charge is 0.489 e. The molecule has 2 heterocycles. The molecule has 11 heteroatoms. The average molecular weight is 502 g/mol. The minimum absolute atomic E-state index is 0.0676. The van der Waals surface area contributed by atoms with E-state index in [4.69, 9.17) is 10.5 Å². The van der Waals surface area contributed by atoms with Crippen molar-refractivity contribution in [3.05, 3.63) is 65.6 Å². The van der Waals surface area contributed by atoms with Crippen molar-refractivity contribution < 1.29 is 32.2 Å². The highest BCUT2D eigenvalue weighted by molar-refractivity contribution is 5.97. The molecule has 0 radical (unpaired) electrons. The highest BCUT2D eigenvalue weighted by Crippen LogP contribution is 2.29. The highest BCUT2D eigenvalue weighted by atomic mass is 19.4. The number of aryl methyl sites for hydroxylation is 1. The molecule has 4 rings (SSSR count). The number of piperidine rings is 1. The van der Waals surface area contributed by atoms with E-state index < -0.39 is 12.3 Å². The summed E-state index contributed by atoms with van der Waals surface area (Å²) in [6, 6.07) is 10.5. The van der Waals surface area contributed by atoms with Crippen molar-refractivity contribution in [1.29, 1.82) is 0 Å². The van der Waals surface area contributed by atoms with Crippen LogP contribution in [-0.2, 0) is 11.2 Å². The minimum Gasteiger partial charge on any atom is -0.489 e. The van der Waals surface area contributed by atoms with E-state index >= 15 is 0 Å². The predicted octanol–water partition coefficient (Wildman–Crippen LogP) is 4.00. The number of carbonyl (C=O) groups is 2. The van der Waals surface area contributed by atoms with Crippen LogP contribution in [0.15, 0.2) is 48.8 Å². The molecule has 0 atom stereocenters. The van der Waals surface area contributed by atoms with Crippen LogP contribution in [0.2, 0.25) is 0 Å². The number of primary amides is 1. The average Bonchev–Trinajstić information content (AvgIpc) is 3.26. The van der Waals surface area contributed by atoms with Gasteiger partial charge in [-0.1, -0.05) is 12.1 Å². The summed E-state index contributed by atoms with van der Waals surface area (Å²) < 4.78 is 46.8. The Kier molecular flexibility index (Phi) is 7.18. The number of H-pyrrole nitrogens is 1. The van der Waals surface area contributed by atoms with Crippen molar-refractivity contribution in [3.63, 3.8) is 0 Å². The quantitative estimate of drug-likeness (QED) is 0.508. The number of amides is 2. The van der Waals surface area contributed by atoms with E-state index in [1.807, 2.05) is 13.0 Å². The maximum atomic E-state index is 12.7. The zero-order valence-electron chi connectivity index (χ0n) is 19.5. The largest absolute Gasteiger partial charge is 0.573 e. The summed E-state index contributed by atoms with van der Waals surface area (Å²) in [4.78, 5) is 33.6. The van der Waals surface area contributed by atoms with Crippen molar-refractivity contribution in [2.45, 2.75) is 38.7 Å². The number of aromatic amines is 1. The molecule has 0 unspecified atom stereocenters.